The van der Waals surface area contributed by atoms with Gasteiger partial charge in [0.25, 0.3) is 0 Å². The van der Waals surface area contributed by atoms with Gasteiger partial charge in [-0.1, -0.05) is 29.3 Å². The van der Waals surface area contributed by atoms with Crippen LogP contribution in [-0.2, 0) is 0 Å². The maximum atomic E-state index is 9.15. The molecule has 0 aromatic heterocycles. The van der Waals surface area contributed by atoms with E-state index >= 15 is 0 Å². The molecule has 0 aliphatic heterocycles. The van der Waals surface area contributed by atoms with E-state index in [1.165, 1.54) is 0 Å². The van der Waals surface area contributed by atoms with Crippen LogP contribution in [0.15, 0.2) is 18.2 Å². The Balaban J connectivity index is 2.63. The minimum Gasteiger partial charge on any atom is -0.489 e. The third-order valence-corrected chi connectivity index (χ3v) is 2.42. The van der Waals surface area contributed by atoms with Crippen molar-refractivity contribution in [3.05, 3.63) is 28.2 Å². The Morgan fingerprint density at radius 2 is 2.14 bits per heavy atom. The number of nitrogens with two attached hydrogens (primary N) is 1. The van der Waals surface area contributed by atoms with Crippen molar-refractivity contribution in [2.75, 3.05) is 13.2 Å². The average molecular weight is 236 g/mol. The molecule has 0 saturated heterocycles. The number of hydrogen-bond acceptors (Lipinski definition) is 3. The minimum atomic E-state index is -0.690. The molecule has 0 unspecified atom stereocenters. The molecular formula is C9H11Cl2NO2. The summed E-state index contributed by atoms with van der Waals surface area (Å²) in [5.41, 5.74) is 5.22. The van der Waals surface area contributed by atoms with E-state index in [-0.39, 0.29) is 13.2 Å². The molecule has 14 heavy (non-hydrogen) atoms. The first-order valence-electron chi connectivity index (χ1n) is 4.10. The summed E-state index contributed by atoms with van der Waals surface area (Å²) < 4.78 is 5.22. The maximum absolute atomic E-state index is 9.15. The van der Waals surface area contributed by atoms with Crippen LogP contribution in [0.2, 0.25) is 10.0 Å². The lowest BCUT2D eigenvalue weighted by Gasteiger charge is -2.11. The first-order valence-corrected chi connectivity index (χ1v) is 4.85. The molecule has 0 spiro atoms. The molecule has 0 amide bonds. The lowest BCUT2D eigenvalue weighted by Crippen LogP contribution is -2.26. The summed E-state index contributed by atoms with van der Waals surface area (Å²) in [5, 5.41) is 9.92. The highest BCUT2D eigenvalue weighted by Gasteiger charge is 2.07. The van der Waals surface area contributed by atoms with Crippen molar-refractivity contribution in [1.29, 1.82) is 0 Å². The third-order valence-electron chi connectivity index (χ3n) is 1.62. The highest BCUT2D eigenvalue weighted by Crippen LogP contribution is 2.31. The van der Waals surface area contributed by atoms with Crippen LogP contribution in [0.5, 0.6) is 5.75 Å². The van der Waals surface area contributed by atoms with Gasteiger partial charge in [0.1, 0.15) is 23.5 Å². The zero-order valence-electron chi connectivity index (χ0n) is 7.41. The van der Waals surface area contributed by atoms with Crippen LogP contribution < -0.4 is 10.5 Å². The molecule has 1 rings (SSSR count). The largest absolute Gasteiger partial charge is 0.489 e. The molecule has 0 heterocycles. The Bertz CT molecular complexity index is 307. The molecule has 0 radical (unpaired) electrons. The SMILES string of the molecule is NC[C@H](O)COc1cccc(Cl)c1Cl. The maximum Gasteiger partial charge on any atom is 0.139 e. The van der Waals surface area contributed by atoms with E-state index < -0.39 is 6.10 Å². The summed E-state index contributed by atoms with van der Waals surface area (Å²) in [7, 11) is 0. The van der Waals surface area contributed by atoms with E-state index in [4.69, 9.17) is 38.8 Å². The van der Waals surface area contributed by atoms with Crippen molar-refractivity contribution in [1.82, 2.24) is 0 Å². The van der Waals surface area contributed by atoms with Gasteiger partial charge in [0.15, 0.2) is 0 Å². The Morgan fingerprint density at radius 3 is 2.79 bits per heavy atom. The third kappa shape index (κ3) is 3.03. The van der Waals surface area contributed by atoms with Crippen LogP contribution >= 0.6 is 23.2 Å². The number of aliphatic hydroxyl groups excluding tert-OH is 1. The van der Waals surface area contributed by atoms with Gasteiger partial charge in [-0.05, 0) is 12.1 Å². The van der Waals surface area contributed by atoms with Crippen molar-refractivity contribution >= 4 is 23.2 Å². The summed E-state index contributed by atoms with van der Waals surface area (Å²) in [5.74, 6) is 0.451. The summed E-state index contributed by atoms with van der Waals surface area (Å²) >= 11 is 11.6. The second-order valence-electron chi connectivity index (χ2n) is 2.75. The molecule has 1 aromatic carbocycles. The van der Waals surface area contributed by atoms with Crippen LogP contribution in [0.1, 0.15) is 0 Å². The minimum absolute atomic E-state index is 0.108. The van der Waals surface area contributed by atoms with E-state index in [1.54, 1.807) is 18.2 Å². The van der Waals surface area contributed by atoms with Gasteiger partial charge in [-0.3, -0.25) is 0 Å². The fourth-order valence-electron chi connectivity index (χ4n) is 0.850. The van der Waals surface area contributed by atoms with Crippen molar-refractivity contribution < 1.29 is 9.84 Å². The van der Waals surface area contributed by atoms with Gasteiger partial charge in [0.2, 0.25) is 0 Å². The standard InChI is InChI=1S/C9H11Cl2NO2/c10-7-2-1-3-8(9(7)11)14-5-6(13)4-12/h1-3,6,13H,4-5,12H2/t6-/m0/s1. The lowest BCUT2D eigenvalue weighted by atomic mass is 10.3. The first-order chi connectivity index (χ1) is 6.65. The molecule has 5 heteroatoms. The van der Waals surface area contributed by atoms with E-state index in [1.807, 2.05) is 0 Å². The highest BCUT2D eigenvalue weighted by molar-refractivity contribution is 6.42. The monoisotopic (exact) mass is 235 g/mol. The molecule has 3 nitrogen and oxygen atoms in total. The molecule has 3 N–H and O–H groups in total. The van der Waals surface area contributed by atoms with Gasteiger partial charge < -0.3 is 15.6 Å². The van der Waals surface area contributed by atoms with E-state index in [2.05, 4.69) is 0 Å². The predicted molar refractivity (Wildman–Crippen MR) is 57.0 cm³/mol. The Hall–Kier alpha value is -0.480. The van der Waals surface area contributed by atoms with Crippen LogP contribution in [-0.4, -0.2) is 24.4 Å². The zero-order chi connectivity index (χ0) is 10.6. The normalized spacial score (nSPS) is 12.6. The number of rotatable bonds is 4. The molecule has 0 aliphatic rings. The van der Waals surface area contributed by atoms with Crippen molar-refractivity contribution in [2.24, 2.45) is 5.73 Å². The number of aliphatic hydroxyl groups is 1. The second-order valence-corrected chi connectivity index (χ2v) is 3.54. The molecule has 78 valence electrons. The molecule has 1 aromatic rings. The molecule has 0 aliphatic carbocycles. The van der Waals surface area contributed by atoms with Gasteiger partial charge in [-0.25, -0.2) is 0 Å². The Labute approximate surface area is 92.4 Å². The van der Waals surface area contributed by atoms with Crippen LogP contribution in [0.25, 0.3) is 0 Å². The van der Waals surface area contributed by atoms with Gasteiger partial charge in [-0.2, -0.15) is 0 Å². The molecule has 0 fully saturated rings. The lowest BCUT2D eigenvalue weighted by molar-refractivity contribution is 0.114. The molecular weight excluding hydrogens is 225 g/mol. The van der Waals surface area contributed by atoms with Crippen molar-refractivity contribution in [3.8, 4) is 5.75 Å². The summed E-state index contributed by atoms with van der Waals surface area (Å²) in [6, 6.07) is 5.06. The Morgan fingerprint density at radius 1 is 1.43 bits per heavy atom. The highest BCUT2D eigenvalue weighted by atomic mass is 35.5. The van der Waals surface area contributed by atoms with Crippen LogP contribution in [0, 0.1) is 0 Å². The molecule has 0 bridgehead atoms. The topological polar surface area (TPSA) is 55.5 Å². The predicted octanol–water partition coefficient (Wildman–Crippen LogP) is 1.69. The van der Waals surface area contributed by atoms with Crippen LogP contribution in [0.4, 0.5) is 0 Å². The first kappa shape index (κ1) is 11.6. The number of ether oxygens (including phenoxy) is 1. The van der Waals surface area contributed by atoms with E-state index in [9.17, 15) is 0 Å². The number of halogens is 2. The van der Waals surface area contributed by atoms with E-state index in [0.717, 1.165) is 0 Å². The van der Waals surface area contributed by atoms with Gasteiger partial charge in [-0.15, -0.1) is 0 Å². The molecule has 1 atom stereocenters. The summed E-state index contributed by atoms with van der Waals surface area (Å²) in [6.07, 6.45) is -0.690. The fraction of sp³-hybridized carbons (Fsp3) is 0.333. The molecule has 0 saturated carbocycles. The van der Waals surface area contributed by atoms with Gasteiger partial charge in [0.05, 0.1) is 5.02 Å². The van der Waals surface area contributed by atoms with Gasteiger partial charge in [0, 0.05) is 6.54 Å². The zero-order valence-corrected chi connectivity index (χ0v) is 8.92. The van der Waals surface area contributed by atoms with Crippen molar-refractivity contribution in [2.45, 2.75) is 6.10 Å². The Kier molecular flexibility index (Phi) is 4.48. The summed E-state index contributed by atoms with van der Waals surface area (Å²) in [6.45, 7) is 0.259. The fourth-order valence-corrected chi connectivity index (χ4v) is 1.20. The average Bonchev–Trinajstić information content (AvgIpc) is 2.20. The second kappa shape index (κ2) is 5.41. The summed E-state index contributed by atoms with van der Waals surface area (Å²) in [4.78, 5) is 0. The number of hydrogen-bond donors (Lipinski definition) is 2. The smallest absolute Gasteiger partial charge is 0.139 e. The number of benzene rings is 1. The van der Waals surface area contributed by atoms with Gasteiger partial charge >= 0.3 is 0 Å². The van der Waals surface area contributed by atoms with Crippen molar-refractivity contribution in [3.63, 3.8) is 0 Å². The quantitative estimate of drug-likeness (QED) is 0.836. The van der Waals surface area contributed by atoms with Crippen LogP contribution in [0.3, 0.4) is 0 Å². The van der Waals surface area contributed by atoms with E-state index in [0.29, 0.717) is 15.8 Å².